The van der Waals surface area contributed by atoms with Crippen LogP contribution in [0.2, 0.25) is 0 Å². The Hall–Kier alpha value is -5.75. The Morgan fingerprint density at radius 3 is 0.893 bits per heavy atom. The number of aliphatic hydroxyl groups excluding tert-OH is 3. The average Bonchev–Trinajstić information content (AvgIpc) is 1.59. The second kappa shape index (κ2) is 40.7. The van der Waals surface area contributed by atoms with Crippen LogP contribution in [0.5, 0.6) is 0 Å². The number of thioether (sulfide) groups is 3. The summed E-state index contributed by atoms with van der Waals surface area (Å²) in [5.41, 5.74) is 24.2. The first-order chi connectivity index (χ1) is 61.6. The number of hydrogen-bond donors (Lipinski definition) is 7. The quantitative estimate of drug-likeness (QED) is 0.0104. The number of aliphatic hydroxyl groups is 3. The standard InChI is InChI=1S/3C18H25ClN5O7PS.C18H25ClN5O7P/c3*1-17(2,7-25)16(26)33-5-4-28-32(27)29-6-10-12(31-32)18(3,19)15(30-10)24-9-23-11-13(20)21-8-22-14(11)24;1-10(2)29-12(25)5-4-6-27-32(26)28-7-11-14(31-32)18(3,19)17(30-11)24-9-23-13-15(20)21-8-22-16(13)24/h3*8-10,12,15,25H,4-7H2,1-3H3,(H2,20,21,22);8-11,14,17H,4-7H2,1-3H3,(H2,20,21,22)/t10-,12-,15-,18-,32?;10-,12-,15-,18-,32+;10-,12-,15-,18-,32-;11-,14-,17-,18-,32-/m1111/s1. The van der Waals surface area contributed by atoms with Gasteiger partial charge in [0.15, 0.2) is 86.1 Å². The summed E-state index contributed by atoms with van der Waals surface area (Å²) >= 11 is 30.3. The zero-order valence-corrected chi connectivity index (χ0v) is 81.5. The van der Waals surface area contributed by atoms with Gasteiger partial charge in [-0.1, -0.05) is 35.3 Å². The van der Waals surface area contributed by atoms with Crippen molar-refractivity contribution in [2.24, 2.45) is 16.2 Å². The highest BCUT2D eigenvalue weighted by Gasteiger charge is 2.65. The fraction of sp³-hybridized carbons (Fsp3) is 0.667. The van der Waals surface area contributed by atoms with E-state index < -0.39 is 141 Å². The van der Waals surface area contributed by atoms with Crippen LogP contribution < -0.4 is 22.9 Å². The number of rotatable bonds is 28. The molecule has 20 atom stereocenters. The third-order valence-corrected chi connectivity index (χ3v) is 32.5. The average molecular weight is 2060 g/mol. The fourth-order valence-electron chi connectivity index (χ4n) is 14.2. The smallest absolute Gasteiger partial charge is 0.463 e. The van der Waals surface area contributed by atoms with Crippen molar-refractivity contribution in [1.82, 2.24) is 78.1 Å². The highest BCUT2D eigenvalue weighted by Crippen LogP contribution is 2.65. The van der Waals surface area contributed by atoms with Crippen molar-refractivity contribution in [1.29, 1.82) is 0 Å². The van der Waals surface area contributed by atoms with E-state index in [0.29, 0.717) is 51.1 Å². The number of halogens is 4. The molecule has 1 unspecified atom stereocenters. The van der Waals surface area contributed by atoms with Crippen molar-refractivity contribution in [3.8, 4) is 0 Å². The van der Waals surface area contributed by atoms with Crippen molar-refractivity contribution in [3.63, 3.8) is 0 Å². The number of imidazole rings is 4. The molecule has 0 aromatic carbocycles. The van der Waals surface area contributed by atoms with Crippen LogP contribution in [0.1, 0.15) is 121 Å². The summed E-state index contributed by atoms with van der Waals surface area (Å²) in [5, 5.41) is 27.2. The molecule has 59 heteroatoms. The first-order valence-corrected chi connectivity index (χ1v) is 50.8. The summed E-state index contributed by atoms with van der Waals surface area (Å²) in [7, 11) is -15.7. The molecule has 0 amide bonds. The Labute approximate surface area is 781 Å². The van der Waals surface area contributed by atoms with Crippen LogP contribution >= 0.6 is 113 Å². The second-order valence-electron chi connectivity index (χ2n) is 33.6. The Morgan fingerprint density at radius 1 is 0.427 bits per heavy atom. The van der Waals surface area contributed by atoms with Gasteiger partial charge in [0.2, 0.25) is 0 Å². The molecule has 8 aromatic heterocycles. The van der Waals surface area contributed by atoms with Crippen molar-refractivity contribution in [2.45, 2.75) is 195 Å². The molecule has 722 valence electrons. The summed E-state index contributed by atoms with van der Waals surface area (Å²) in [6.45, 7) is 18.9. The van der Waals surface area contributed by atoms with Gasteiger partial charge in [-0.3, -0.25) is 91.7 Å². The number of nitrogens with two attached hydrogens (primary N) is 4. The number of hydrogen-bond acceptors (Lipinski definition) is 47. The molecule has 8 aliphatic rings. The summed E-state index contributed by atoms with van der Waals surface area (Å²) in [5.74, 6) is 1.19. The van der Waals surface area contributed by atoms with E-state index in [1.165, 1.54) is 50.6 Å². The van der Waals surface area contributed by atoms with E-state index in [4.69, 9.17) is 147 Å². The molecule has 8 aromatic rings. The molecule has 0 aliphatic carbocycles. The van der Waals surface area contributed by atoms with Crippen LogP contribution in [0.3, 0.4) is 0 Å². The van der Waals surface area contributed by atoms with Gasteiger partial charge in [0.05, 0.1) is 120 Å². The van der Waals surface area contributed by atoms with Crippen LogP contribution in [-0.4, -0.2) is 279 Å². The summed E-state index contributed by atoms with van der Waals surface area (Å²) in [4.78, 5) is 92.7. The number of nitrogens with zero attached hydrogens (tertiary/aromatic N) is 16. The highest BCUT2D eigenvalue weighted by atomic mass is 35.5. The maximum atomic E-state index is 13.0. The number of anilines is 4. The van der Waals surface area contributed by atoms with Gasteiger partial charge in [-0.15, -0.1) is 46.4 Å². The predicted molar refractivity (Wildman–Crippen MR) is 475 cm³/mol. The number of nitrogen functional groups attached to an aromatic ring is 4. The number of ether oxygens (including phenoxy) is 5. The van der Waals surface area contributed by atoms with Crippen molar-refractivity contribution in [3.05, 3.63) is 50.6 Å². The third kappa shape index (κ3) is 22.2. The summed E-state index contributed by atoms with van der Waals surface area (Å²) < 4.78 is 154. The third-order valence-electron chi connectivity index (χ3n) is 21.5. The minimum absolute atomic E-state index is 0.00645. The molecule has 8 saturated heterocycles. The molecule has 0 spiro atoms. The Bertz CT molecular complexity index is 5290. The molecule has 48 nitrogen and oxygen atoms in total. The molecule has 0 saturated carbocycles. The normalized spacial score (nSPS) is 32.2. The first-order valence-electron chi connectivity index (χ1n) is 40.5. The van der Waals surface area contributed by atoms with E-state index in [-0.39, 0.29) is 147 Å². The molecule has 8 aliphatic heterocycles. The zero-order chi connectivity index (χ0) is 95.2. The lowest BCUT2D eigenvalue weighted by Gasteiger charge is -2.34. The van der Waals surface area contributed by atoms with E-state index in [2.05, 4.69) is 59.8 Å². The summed E-state index contributed by atoms with van der Waals surface area (Å²) in [6.07, 6.45) is 2.78. The van der Waals surface area contributed by atoms with Crippen LogP contribution in [0.25, 0.3) is 44.7 Å². The largest absolute Gasteiger partial charge is 0.475 e. The molecule has 131 heavy (non-hydrogen) atoms. The van der Waals surface area contributed by atoms with Gasteiger partial charge in [-0.05, 0) is 89.5 Å². The number of alkyl halides is 4. The van der Waals surface area contributed by atoms with Gasteiger partial charge in [0.1, 0.15) is 116 Å². The number of aromatic nitrogens is 16. The number of phosphoric acid groups is 4. The second-order valence-corrected chi connectivity index (χ2v) is 46.6. The van der Waals surface area contributed by atoms with Crippen molar-refractivity contribution >= 4 is 202 Å². The van der Waals surface area contributed by atoms with Gasteiger partial charge < -0.3 is 61.9 Å². The minimum Gasteiger partial charge on any atom is -0.463 e. The number of carbonyl (C=O) groups is 4. The molecule has 16 heterocycles. The summed E-state index contributed by atoms with van der Waals surface area (Å²) in [6, 6.07) is 0. The molecule has 16 rings (SSSR count). The van der Waals surface area contributed by atoms with Crippen LogP contribution in [0.4, 0.5) is 23.3 Å². The van der Waals surface area contributed by atoms with E-state index in [9.17, 15) is 52.8 Å². The number of carbonyl (C=O) groups excluding carboxylic acids is 4. The Kier molecular flexibility index (Phi) is 31.9. The molecule has 8 fully saturated rings. The van der Waals surface area contributed by atoms with Crippen molar-refractivity contribution in [2.75, 3.05) is 113 Å². The van der Waals surface area contributed by atoms with E-state index in [1.807, 2.05) is 0 Å². The predicted octanol–water partition coefficient (Wildman–Crippen LogP) is 8.94. The maximum absolute atomic E-state index is 13.0. The van der Waals surface area contributed by atoms with Crippen LogP contribution in [0.15, 0.2) is 50.6 Å². The Morgan fingerprint density at radius 2 is 0.664 bits per heavy atom. The number of fused-ring (bicyclic) bond motifs is 8. The molecular weight excluding hydrogens is 1950 g/mol. The van der Waals surface area contributed by atoms with E-state index in [0.717, 1.165) is 35.3 Å². The van der Waals surface area contributed by atoms with Gasteiger partial charge in [0, 0.05) is 23.7 Å². The first kappa shape index (κ1) is 103. The van der Waals surface area contributed by atoms with Crippen LogP contribution in [-0.2, 0) is 115 Å². The number of esters is 1. The zero-order valence-electron chi connectivity index (χ0n) is 72.5. The van der Waals surface area contributed by atoms with E-state index in [1.54, 1.807) is 101 Å². The lowest BCUT2D eigenvalue weighted by molar-refractivity contribution is -0.147. The van der Waals surface area contributed by atoms with Gasteiger partial charge in [-0.25, -0.2) is 78.1 Å². The highest BCUT2D eigenvalue weighted by molar-refractivity contribution is 8.14. The van der Waals surface area contributed by atoms with Crippen LogP contribution in [0, 0.1) is 16.2 Å². The van der Waals surface area contributed by atoms with Gasteiger partial charge >= 0.3 is 37.3 Å². The van der Waals surface area contributed by atoms with Gasteiger partial charge in [-0.2, -0.15) is 0 Å². The lowest BCUT2D eigenvalue weighted by Crippen LogP contribution is -2.44. The molecule has 11 N–H and O–H groups in total. The SMILES string of the molecule is CC(C)(CO)C(=O)SCCOP1(=O)OC[C@H]2O[C@@H](n3cnc4c(N)ncnc43)[C@](C)(Cl)[C@@H]2O1.CC(C)(CO)C(=O)SCCO[P@@]1(=O)OC[C@H]2O[C@@H](n3cnc4c(N)ncnc43)[C@](C)(Cl)[C@@H]2O1.CC(C)(CO)C(=O)SCCO[P@]1(=O)OC[C@H]2O[C@@H](n3cnc4c(N)ncnc43)[C@](C)(Cl)[C@@H]2O1.CC(C)OC(=O)CCCO[P@]1(=O)OC[C@H]2O[C@@H](n3cnc4c(N)ncnc43)[C@](C)(Cl)[C@@H]2O1. The monoisotopic (exact) mass is 2050 g/mol. The Balaban J connectivity index is 0.000000149. The topological polar surface area (TPSA) is 633 Å². The van der Waals surface area contributed by atoms with E-state index >= 15 is 0 Å². The number of phosphoric ester groups is 4. The molecule has 0 bridgehead atoms. The minimum atomic E-state index is -3.94. The molecular formula is C72H100Cl4N20O28P4S3. The fourth-order valence-corrected chi connectivity index (χ4v) is 24.5. The maximum Gasteiger partial charge on any atom is 0.475 e. The molecule has 0 radical (unpaired) electrons. The lowest BCUT2D eigenvalue weighted by atomic mass is 9.97. The van der Waals surface area contributed by atoms with Gasteiger partial charge in [0.25, 0.3) is 0 Å². The van der Waals surface area contributed by atoms with Crippen molar-refractivity contribution < 1.29 is 131 Å².